The number of rotatable bonds is 8. The summed E-state index contributed by atoms with van der Waals surface area (Å²) in [6, 6.07) is 21.6. The lowest BCUT2D eigenvalue weighted by Gasteiger charge is -2.32. The fraction of sp³-hybridized carbons (Fsp3) is 0.240. The van der Waals surface area contributed by atoms with Gasteiger partial charge in [0.05, 0.1) is 33.8 Å². The Morgan fingerprint density at radius 2 is 1.56 bits per heavy atom. The third kappa shape index (κ3) is 5.53. The SMILES string of the molecule is C[N+](C)(CCO)CCN(C(=O)c1ccccc1)c1ccc(O)c(-n2nc3ccccc3n2)c1.[Cl-]. The molecule has 1 amide bonds. The van der Waals surface area contributed by atoms with Gasteiger partial charge in [-0.25, -0.2) is 0 Å². The van der Waals surface area contributed by atoms with Crippen molar-refractivity contribution in [1.29, 1.82) is 0 Å². The molecular formula is C25H28ClN5O3. The molecule has 9 heteroatoms. The fourth-order valence-corrected chi connectivity index (χ4v) is 3.65. The van der Waals surface area contributed by atoms with E-state index >= 15 is 0 Å². The molecule has 2 N–H and O–H groups in total. The van der Waals surface area contributed by atoms with Crippen molar-refractivity contribution in [3.05, 3.63) is 78.4 Å². The number of phenols is 1. The molecule has 0 aliphatic rings. The zero-order valence-electron chi connectivity index (χ0n) is 19.2. The molecule has 34 heavy (non-hydrogen) atoms. The molecule has 8 nitrogen and oxygen atoms in total. The Kier molecular flexibility index (Phi) is 7.88. The number of benzene rings is 3. The molecule has 0 spiro atoms. The number of halogens is 1. The number of aromatic hydroxyl groups is 1. The number of aliphatic hydroxyl groups excluding tert-OH is 1. The van der Waals surface area contributed by atoms with Crippen LogP contribution >= 0.6 is 0 Å². The second-order valence-electron chi connectivity index (χ2n) is 8.58. The molecule has 0 aliphatic carbocycles. The molecule has 1 heterocycles. The summed E-state index contributed by atoms with van der Waals surface area (Å²) in [5.41, 5.74) is 3.01. The van der Waals surface area contributed by atoms with E-state index in [4.69, 9.17) is 0 Å². The van der Waals surface area contributed by atoms with Crippen LogP contribution in [-0.2, 0) is 0 Å². The zero-order chi connectivity index (χ0) is 23.4. The molecule has 0 atom stereocenters. The first-order valence-corrected chi connectivity index (χ1v) is 10.8. The average molecular weight is 482 g/mol. The van der Waals surface area contributed by atoms with Gasteiger partial charge in [-0.1, -0.05) is 30.3 Å². The van der Waals surface area contributed by atoms with E-state index in [-0.39, 0.29) is 30.7 Å². The molecule has 0 saturated carbocycles. The van der Waals surface area contributed by atoms with Crippen LogP contribution < -0.4 is 17.3 Å². The number of quaternary nitrogens is 1. The summed E-state index contributed by atoms with van der Waals surface area (Å²) in [4.78, 5) is 16.5. The van der Waals surface area contributed by atoms with E-state index in [0.717, 1.165) is 0 Å². The van der Waals surface area contributed by atoms with Gasteiger partial charge in [-0.05, 0) is 42.5 Å². The number of aliphatic hydroxyl groups is 1. The lowest BCUT2D eigenvalue weighted by Crippen LogP contribution is -3.00. The molecule has 1 aromatic heterocycles. The first kappa shape index (κ1) is 25.2. The van der Waals surface area contributed by atoms with Gasteiger partial charge in [-0.15, -0.1) is 15.0 Å². The quantitative estimate of drug-likeness (QED) is 0.341. The third-order valence-corrected chi connectivity index (χ3v) is 5.67. The van der Waals surface area contributed by atoms with Crippen molar-refractivity contribution in [3.8, 4) is 11.4 Å². The highest BCUT2D eigenvalue weighted by Gasteiger charge is 2.23. The van der Waals surface area contributed by atoms with E-state index < -0.39 is 0 Å². The van der Waals surface area contributed by atoms with Gasteiger partial charge in [-0.2, -0.15) is 0 Å². The minimum absolute atomic E-state index is 0. The van der Waals surface area contributed by atoms with Gasteiger partial charge < -0.3 is 32.0 Å². The number of carbonyl (C=O) groups is 1. The number of phenolic OH excluding ortho intramolecular Hbond substituents is 1. The average Bonchev–Trinajstić information content (AvgIpc) is 3.24. The van der Waals surface area contributed by atoms with Crippen molar-refractivity contribution in [3.63, 3.8) is 0 Å². The Morgan fingerprint density at radius 1 is 0.941 bits per heavy atom. The number of hydrogen-bond donors (Lipinski definition) is 2. The molecule has 0 aliphatic heterocycles. The maximum Gasteiger partial charge on any atom is 0.258 e. The third-order valence-electron chi connectivity index (χ3n) is 5.67. The summed E-state index contributed by atoms with van der Waals surface area (Å²) in [5.74, 6) is -0.127. The maximum absolute atomic E-state index is 13.5. The van der Waals surface area contributed by atoms with Crippen LogP contribution in [-0.4, -0.2) is 75.9 Å². The van der Waals surface area contributed by atoms with Crippen molar-refractivity contribution in [1.82, 2.24) is 15.0 Å². The van der Waals surface area contributed by atoms with E-state index in [9.17, 15) is 15.0 Å². The summed E-state index contributed by atoms with van der Waals surface area (Å²) in [6.07, 6.45) is 0. The molecule has 4 aromatic rings. The summed E-state index contributed by atoms with van der Waals surface area (Å²) in [5, 5.41) is 28.9. The Bertz CT molecular complexity index is 1230. The topological polar surface area (TPSA) is 91.5 Å². The summed E-state index contributed by atoms with van der Waals surface area (Å²) in [6.45, 7) is 1.72. The monoisotopic (exact) mass is 481 g/mol. The number of amides is 1. The second-order valence-corrected chi connectivity index (χ2v) is 8.58. The van der Waals surface area contributed by atoms with Crippen LogP contribution in [0.25, 0.3) is 16.7 Å². The van der Waals surface area contributed by atoms with E-state index in [1.54, 1.807) is 35.2 Å². The standard InChI is InChI=1S/C25H27N5O3.ClH/c1-30(2,16-17-31)15-14-28(25(33)19-8-4-3-5-9-19)20-12-13-24(32)23(18-20)29-26-21-10-6-7-11-22(21)27-29;/h3-13,18,31H,14-17H2,1-2H3;1H. The Morgan fingerprint density at radius 3 is 2.18 bits per heavy atom. The van der Waals surface area contributed by atoms with Gasteiger partial charge in [0, 0.05) is 11.3 Å². The van der Waals surface area contributed by atoms with Crippen LogP contribution in [0.2, 0.25) is 0 Å². The van der Waals surface area contributed by atoms with Crippen molar-refractivity contribution < 1.29 is 31.9 Å². The van der Waals surface area contributed by atoms with Crippen LogP contribution in [0.3, 0.4) is 0 Å². The Balaban J connectivity index is 0.00000324. The molecule has 0 fully saturated rings. The number of anilines is 1. The summed E-state index contributed by atoms with van der Waals surface area (Å²) in [7, 11) is 4.03. The predicted octanol–water partition coefficient (Wildman–Crippen LogP) is -0.154. The molecule has 0 saturated heterocycles. The predicted molar refractivity (Wildman–Crippen MR) is 128 cm³/mol. The number of nitrogens with zero attached hydrogens (tertiary/aromatic N) is 5. The smallest absolute Gasteiger partial charge is 0.258 e. The van der Waals surface area contributed by atoms with Gasteiger partial charge in [0.15, 0.2) is 0 Å². The van der Waals surface area contributed by atoms with Crippen LogP contribution in [0.1, 0.15) is 10.4 Å². The fourth-order valence-electron chi connectivity index (χ4n) is 3.65. The summed E-state index contributed by atoms with van der Waals surface area (Å²) < 4.78 is 0.562. The number of aromatic nitrogens is 3. The van der Waals surface area contributed by atoms with Crippen LogP contribution in [0, 0.1) is 0 Å². The zero-order valence-corrected chi connectivity index (χ0v) is 19.9. The normalized spacial score (nSPS) is 11.3. The number of likely N-dealkylation sites (N-methyl/N-ethyl adjacent to an activating group) is 1. The van der Waals surface area contributed by atoms with E-state index in [1.807, 2.05) is 56.6 Å². The number of hydrogen-bond acceptors (Lipinski definition) is 5. The highest BCUT2D eigenvalue weighted by Crippen LogP contribution is 2.28. The van der Waals surface area contributed by atoms with Crippen LogP contribution in [0.5, 0.6) is 5.75 Å². The molecule has 178 valence electrons. The molecule has 0 bridgehead atoms. The number of carbonyl (C=O) groups excluding carboxylic acids is 1. The largest absolute Gasteiger partial charge is 1.00 e. The Hall–Kier alpha value is -3.46. The highest BCUT2D eigenvalue weighted by atomic mass is 35.5. The minimum atomic E-state index is -0.144. The number of fused-ring (bicyclic) bond motifs is 1. The first-order valence-electron chi connectivity index (χ1n) is 10.8. The lowest BCUT2D eigenvalue weighted by atomic mass is 10.1. The van der Waals surface area contributed by atoms with Gasteiger partial charge in [0.1, 0.15) is 29.0 Å². The summed E-state index contributed by atoms with van der Waals surface area (Å²) >= 11 is 0. The molecule has 0 unspecified atom stereocenters. The second kappa shape index (κ2) is 10.6. The molecule has 0 radical (unpaired) electrons. The van der Waals surface area contributed by atoms with Crippen molar-refractivity contribution in [2.24, 2.45) is 0 Å². The van der Waals surface area contributed by atoms with Gasteiger partial charge in [0.2, 0.25) is 0 Å². The van der Waals surface area contributed by atoms with E-state index in [1.165, 1.54) is 4.80 Å². The van der Waals surface area contributed by atoms with Crippen molar-refractivity contribution >= 4 is 22.6 Å². The van der Waals surface area contributed by atoms with Crippen LogP contribution in [0.15, 0.2) is 72.8 Å². The minimum Gasteiger partial charge on any atom is -1.00 e. The van der Waals surface area contributed by atoms with Crippen molar-refractivity contribution in [2.45, 2.75) is 0 Å². The van der Waals surface area contributed by atoms with Crippen LogP contribution in [0.4, 0.5) is 5.69 Å². The van der Waals surface area contributed by atoms with E-state index in [2.05, 4.69) is 10.2 Å². The molecule has 4 rings (SSSR count). The lowest BCUT2D eigenvalue weighted by molar-refractivity contribution is -0.889. The van der Waals surface area contributed by atoms with Gasteiger partial charge >= 0.3 is 0 Å². The Labute approximate surface area is 204 Å². The highest BCUT2D eigenvalue weighted by molar-refractivity contribution is 6.06. The van der Waals surface area contributed by atoms with Gasteiger partial charge in [0.25, 0.3) is 5.91 Å². The molecular weight excluding hydrogens is 454 g/mol. The molecule has 3 aromatic carbocycles. The van der Waals surface area contributed by atoms with E-state index in [0.29, 0.717) is 52.1 Å². The van der Waals surface area contributed by atoms with Crippen molar-refractivity contribution in [2.75, 3.05) is 45.2 Å². The first-order chi connectivity index (χ1) is 15.9. The maximum atomic E-state index is 13.5. The van der Waals surface area contributed by atoms with Gasteiger partial charge in [-0.3, -0.25) is 4.79 Å².